The first-order valence-electron chi connectivity index (χ1n) is 8.89. The molecule has 132 valence electrons. The lowest BCUT2D eigenvalue weighted by atomic mass is 10.1. The van der Waals surface area contributed by atoms with Gasteiger partial charge in [0.05, 0.1) is 17.4 Å². The molecule has 1 fully saturated rings. The molecule has 0 N–H and O–H groups in total. The molecule has 0 spiro atoms. The number of nitrogens with zero attached hydrogens (tertiary/aromatic N) is 4. The Labute approximate surface area is 149 Å². The first kappa shape index (κ1) is 17.4. The fourth-order valence-electron chi connectivity index (χ4n) is 3.10. The number of carbonyl (C=O) groups excluding carboxylic acids is 1. The number of rotatable bonds is 5. The summed E-state index contributed by atoms with van der Waals surface area (Å²) in [5, 5.41) is 0. The number of carbonyl (C=O) groups is 1. The minimum absolute atomic E-state index is 0.0369. The lowest BCUT2D eigenvalue weighted by Gasteiger charge is -2.34. The van der Waals surface area contributed by atoms with Gasteiger partial charge in [0.1, 0.15) is 0 Å². The Morgan fingerprint density at radius 2 is 1.84 bits per heavy atom. The normalized spacial score (nSPS) is 15.2. The Kier molecular flexibility index (Phi) is 5.66. The van der Waals surface area contributed by atoms with Gasteiger partial charge in [-0.1, -0.05) is 30.3 Å². The zero-order valence-electron chi connectivity index (χ0n) is 15.1. The van der Waals surface area contributed by atoms with Gasteiger partial charge in [0, 0.05) is 45.5 Å². The number of piperazine rings is 1. The fraction of sp³-hybridized carbons (Fsp3) is 0.400. The maximum absolute atomic E-state index is 12.9. The van der Waals surface area contributed by atoms with Crippen LogP contribution in [0.5, 0.6) is 0 Å². The van der Waals surface area contributed by atoms with Gasteiger partial charge in [-0.2, -0.15) is 0 Å². The van der Waals surface area contributed by atoms with Gasteiger partial charge in [-0.3, -0.25) is 9.78 Å². The van der Waals surface area contributed by atoms with Gasteiger partial charge in [-0.25, -0.2) is 0 Å². The van der Waals surface area contributed by atoms with E-state index in [4.69, 9.17) is 0 Å². The van der Waals surface area contributed by atoms with Crippen molar-refractivity contribution in [2.24, 2.45) is 0 Å². The second-order valence-electron chi connectivity index (χ2n) is 6.53. The number of anilines is 1. The summed E-state index contributed by atoms with van der Waals surface area (Å²) in [5.74, 6) is 0.0369. The highest BCUT2D eigenvalue weighted by Gasteiger charge is 2.19. The Morgan fingerprint density at radius 3 is 2.52 bits per heavy atom. The summed E-state index contributed by atoms with van der Waals surface area (Å²) in [4.78, 5) is 23.7. The van der Waals surface area contributed by atoms with Crippen LogP contribution in [0.4, 0.5) is 5.69 Å². The smallest absolute Gasteiger partial charge is 0.255 e. The number of hydrogen-bond donors (Lipinski definition) is 0. The lowest BCUT2D eigenvalue weighted by molar-refractivity contribution is 0.0752. The van der Waals surface area contributed by atoms with E-state index in [-0.39, 0.29) is 5.91 Å². The van der Waals surface area contributed by atoms with Crippen molar-refractivity contribution in [2.45, 2.75) is 13.5 Å². The number of pyridine rings is 1. The standard InChI is InChI=1S/C20H26N4O/c1-3-23(16-17-7-5-4-6-8-17)20(25)18-13-19(15-21-14-18)24-11-9-22(2)10-12-24/h4-8,13-15H,3,9-12,16H2,1-2H3. The zero-order chi connectivity index (χ0) is 17.6. The molecule has 0 aliphatic carbocycles. The molecule has 1 aliphatic rings. The van der Waals surface area contributed by atoms with Gasteiger partial charge in [0.15, 0.2) is 0 Å². The summed E-state index contributed by atoms with van der Waals surface area (Å²) < 4.78 is 0. The average molecular weight is 338 g/mol. The number of benzene rings is 1. The van der Waals surface area contributed by atoms with Crippen molar-refractivity contribution in [3.8, 4) is 0 Å². The molecule has 0 radical (unpaired) electrons. The Bertz CT molecular complexity index is 696. The third kappa shape index (κ3) is 4.37. The van der Waals surface area contributed by atoms with Gasteiger partial charge in [-0.15, -0.1) is 0 Å². The van der Waals surface area contributed by atoms with Crippen molar-refractivity contribution >= 4 is 11.6 Å². The SMILES string of the molecule is CCN(Cc1ccccc1)C(=O)c1cncc(N2CCN(C)CC2)c1. The van der Waals surface area contributed by atoms with Crippen molar-refractivity contribution in [2.75, 3.05) is 44.7 Å². The van der Waals surface area contributed by atoms with Crippen molar-refractivity contribution in [3.05, 3.63) is 59.9 Å². The highest BCUT2D eigenvalue weighted by atomic mass is 16.2. The molecule has 1 amide bonds. The maximum Gasteiger partial charge on any atom is 0.255 e. The second-order valence-corrected chi connectivity index (χ2v) is 6.53. The molecule has 25 heavy (non-hydrogen) atoms. The van der Waals surface area contributed by atoms with Crippen LogP contribution >= 0.6 is 0 Å². The van der Waals surface area contributed by atoms with Crippen molar-refractivity contribution in [1.29, 1.82) is 0 Å². The third-order valence-corrected chi connectivity index (χ3v) is 4.72. The molecule has 1 aliphatic heterocycles. The van der Waals surface area contributed by atoms with Crippen LogP contribution in [-0.4, -0.2) is 60.5 Å². The summed E-state index contributed by atoms with van der Waals surface area (Å²) in [6.45, 7) is 7.31. The maximum atomic E-state index is 12.9. The van der Waals surface area contributed by atoms with E-state index in [1.54, 1.807) is 6.20 Å². The van der Waals surface area contributed by atoms with E-state index in [9.17, 15) is 4.79 Å². The molecule has 0 bridgehead atoms. The molecule has 0 saturated carbocycles. The predicted molar refractivity (Wildman–Crippen MR) is 101 cm³/mol. The van der Waals surface area contributed by atoms with Crippen LogP contribution in [-0.2, 0) is 6.54 Å². The van der Waals surface area contributed by atoms with Crippen LogP contribution < -0.4 is 4.90 Å². The van der Waals surface area contributed by atoms with E-state index >= 15 is 0 Å². The van der Waals surface area contributed by atoms with E-state index in [1.807, 2.05) is 42.3 Å². The molecular weight excluding hydrogens is 312 g/mol. The van der Waals surface area contributed by atoms with E-state index in [2.05, 4.69) is 34.0 Å². The molecular formula is C20H26N4O. The van der Waals surface area contributed by atoms with Gasteiger partial charge < -0.3 is 14.7 Å². The monoisotopic (exact) mass is 338 g/mol. The van der Waals surface area contributed by atoms with Crippen molar-refractivity contribution < 1.29 is 4.79 Å². The summed E-state index contributed by atoms with van der Waals surface area (Å²) in [7, 11) is 2.14. The number of aromatic nitrogens is 1. The van der Waals surface area contributed by atoms with E-state index in [0.29, 0.717) is 18.7 Å². The highest BCUT2D eigenvalue weighted by molar-refractivity contribution is 5.94. The van der Waals surface area contributed by atoms with Crippen molar-refractivity contribution in [3.63, 3.8) is 0 Å². The third-order valence-electron chi connectivity index (χ3n) is 4.72. The Balaban J connectivity index is 1.73. The molecule has 5 nitrogen and oxygen atoms in total. The van der Waals surface area contributed by atoms with Gasteiger partial charge in [-0.05, 0) is 25.6 Å². The van der Waals surface area contributed by atoms with E-state index in [1.165, 1.54) is 0 Å². The van der Waals surface area contributed by atoms with Crippen LogP contribution in [0, 0.1) is 0 Å². The molecule has 0 unspecified atom stereocenters. The minimum Gasteiger partial charge on any atom is -0.368 e. The average Bonchev–Trinajstić information content (AvgIpc) is 2.67. The molecule has 2 heterocycles. The van der Waals surface area contributed by atoms with Crippen LogP contribution in [0.1, 0.15) is 22.8 Å². The van der Waals surface area contributed by atoms with Crippen molar-refractivity contribution in [1.82, 2.24) is 14.8 Å². The first-order chi connectivity index (χ1) is 12.2. The first-order valence-corrected chi connectivity index (χ1v) is 8.89. The van der Waals surface area contributed by atoms with E-state index < -0.39 is 0 Å². The zero-order valence-corrected chi connectivity index (χ0v) is 15.1. The van der Waals surface area contributed by atoms with Gasteiger partial charge in [0.25, 0.3) is 5.91 Å². The van der Waals surface area contributed by atoms with Crippen LogP contribution in [0.2, 0.25) is 0 Å². The topological polar surface area (TPSA) is 39.7 Å². The second kappa shape index (κ2) is 8.12. The fourth-order valence-corrected chi connectivity index (χ4v) is 3.10. The van der Waals surface area contributed by atoms with Crippen LogP contribution in [0.15, 0.2) is 48.8 Å². The molecule has 1 aromatic carbocycles. The summed E-state index contributed by atoms with van der Waals surface area (Å²) in [6, 6.07) is 12.1. The number of likely N-dealkylation sites (N-methyl/N-ethyl adjacent to an activating group) is 1. The number of amides is 1. The van der Waals surface area contributed by atoms with Gasteiger partial charge >= 0.3 is 0 Å². The molecule has 2 aromatic rings. The summed E-state index contributed by atoms with van der Waals surface area (Å²) >= 11 is 0. The molecule has 1 aromatic heterocycles. The quantitative estimate of drug-likeness (QED) is 0.840. The lowest BCUT2D eigenvalue weighted by Crippen LogP contribution is -2.44. The van der Waals surface area contributed by atoms with Gasteiger partial charge in [0.2, 0.25) is 0 Å². The molecule has 5 heteroatoms. The molecule has 1 saturated heterocycles. The molecule has 0 atom stereocenters. The van der Waals surface area contributed by atoms with E-state index in [0.717, 1.165) is 37.4 Å². The highest BCUT2D eigenvalue weighted by Crippen LogP contribution is 2.18. The largest absolute Gasteiger partial charge is 0.368 e. The summed E-state index contributed by atoms with van der Waals surface area (Å²) in [6.07, 6.45) is 3.53. The Morgan fingerprint density at radius 1 is 1.12 bits per heavy atom. The molecule has 3 rings (SSSR count). The van der Waals surface area contributed by atoms with Crippen LogP contribution in [0.3, 0.4) is 0 Å². The summed E-state index contributed by atoms with van der Waals surface area (Å²) in [5.41, 5.74) is 2.84. The predicted octanol–water partition coefficient (Wildman–Crippen LogP) is 2.50. The minimum atomic E-state index is 0.0369. The Hall–Kier alpha value is -2.40. The van der Waals surface area contributed by atoms with Crippen LogP contribution in [0.25, 0.3) is 0 Å². The number of hydrogen-bond acceptors (Lipinski definition) is 4.